The Morgan fingerprint density at radius 2 is 1.78 bits per heavy atom. The molecule has 3 aromatic rings. The lowest BCUT2D eigenvalue weighted by Crippen LogP contribution is -2.40. The number of nitrogens with zero attached hydrogens (tertiary/aromatic N) is 3. The summed E-state index contributed by atoms with van der Waals surface area (Å²) in [5.41, 5.74) is 2.98. The molecule has 8 nitrogen and oxygen atoms in total. The molecule has 1 aromatic heterocycles. The minimum absolute atomic E-state index is 0.0335. The van der Waals surface area contributed by atoms with Gasteiger partial charge in [0.1, 0.15) is 6.54 Å². The molecule has 1 saturated heterocycles. The first-order valence-electron chi connectivity index (χ1n) is 12.5. The van der Waals surface area contributed by atoms with Crippen molar-refractivity contribution in [1.82, 2.24) is 8.87 Å². The number of hydrogen-bond donors (Lipinski definition) is 0. The molecule has 1 aliphatic heterocycles. The first-order valence-corrected chi connectivity index (χ1v) is 14.8. The number of carbonyl (C=O) groups excluding carboxylic acids is 2. The van der Waals surface area contributed by atoms with Crippen molar-refractivity contribution in [2.24, 2.45) is 10.9 Å². The Balaban J connectivity index is 1.57. The largest absolute Gasteiger partial charge is 0.465 e. The second kappa shape index (κ2) is 11.3. The van der Waals surface area contributed by atoms with Gasteiger partial charge in [-0.2, -0.15) is 9.30 Å². The van der Waals surface area contributed by atoms with Crippen LogP contribution >= 0.6 is 11.3 Å². The average molecular weight is 544 g/mol. The highest BCUT2D eigenvalue weighted by molar-refractivity contribution is 7.89. The zero-order valence-electron chi connectivity index (χ0n) is 21.6. The van der Waals surface area contributed by atoms with Gasteiger partial charge in [0.2, 0.25) is 10.0 Å². The summed E-state index contributed by atoms with van der Waals surface area (Å²) in [6.45, 7) is 8.65. The van der Waals surface area contributed by atoms with Gasteiger partial charge in [-0.05, 0) is 62.4 Å². The van der Waals surface area contributed by atoms with Crippen molar-refractivity contribution in [2.75, 3.05) is 19.7 Å². The van der Waals surface area contributed by atoms with Crippen molar-refractivity contribution >= 4 is 43.5 Å². The lowest BCUT2D eigenvalue weighted by atomic mass is 9.98. The predicted octanol–water partition coefficient (Wildman–Crippen LogP) is 4.23. The second-order valence-corrected chi connectivity index (χ2v) is 12.5. The molecule has 0 aliphatic carbocycles. The van der Waals surface area contributed by atoms with Gasteiger partial charge >= 0.3 is 5.97 Å². The van der Waals surface area contributed by atoms with E-state index in [1.54, 1.807) is 35.8 Å². The first-order chi connectivity index (χ1) is 17.6. The molecule has 37 heavy (non-hydrogen) atoms. The number of piperidine rings is 1. The maximum absolute atomic E-state index is 13.2. The summed E-state index contributed by atoms with van der Waals surface area (Å²) in [5.74, 6) is -0.718. The summed E-state index contributed by atoms with van der Waals surface area (Å²) >= 11 is 1.37. The number of carbonyl (C=O) groups is 2. The Morgan fingerprint density at radius 1 is 1.11 bits per heavy atom. The molecule has 0 spiro atoms. The van der Waals surface area contributed by atoms with Crippen LogP contribution in [0.25, 0.3) is 10.2 Å². The Morgan fingerprint density at radius 3 is 2.41 bits per heavy atom. The third-order valence-corrected chi connectivity index (χ3v) is 9.59. The number of amides is 1. The highest BCUT2D eigenvalue weighted by Gasteiger charge is 2.32. The van der Waals surface area contributed by atoms with Crippen LogP contribution < -0.4 is 4.80 Å². The van der Waals surface area contributed by atoms with Crippen molar-refractivity contribution in [2.45, 2.75) is 57.9 Å². The zero-order chi connectivity index (χ0) is 26.7. The lowest BCUT2D eigenvalue weighted by molar-refractivity contribution is -0.143. The van der Waals surface area contributed by atoms with E-state index >= 15 is 0 Å². The van der Waals surface area contributed by atoms with Gasteiger partial charge in [-0.15, -0.1) is 0 Å². The smallest absolute Gasteiger partial charge is 0.326 e. The molecular weight excluding hydrogens is 510 g/mol. The molecule has 2 aromatic carbocycles. The van der Waals surface area contributed by atoms with Crippen LogP contribution in [0.15, 0.2) is 52.4 Å². The normalized spacial score (nSPS) is 16.0. The van der Waals surface area contributed by atoms with E-state index in [2.05, 4.69) is 24.9 Å². The van der Waals surface area contributed by atoms with E-state index in [-0.39, 0.29) is 43.0 Å². The molecule has 0 bridgehead atoms. The van der Waals surface area contributed by atoms with Crippen LogP contribution in [0, 0.1) is 12.8 Å². The Hall–Kier alpha value is -2.82. The summed E-state index contributed by atoms with van der Waals surface area (Å²) in [7, 11) is -3.60. The van der Waals surface area contributed by atoms with Gasteiger partial charge in [-0.25, -0.2) is 8.42 Å². The maximum Gasteiger partial charge on any atom is 0.326 e. The molecule has 1 aliphatic rings. The van der Waals surface area contributed by atoms with E-state index < -0.39 is 16.0 Å². The fourth-order valence-corrected chi connectivity index (χ4v) is 6.96. The molecule has 10 heteroatoms. The van der Waals surface area contributed by atoms with Crippen molar-refractivity contribution in [3.05, 3.63) is 58.4 Å². The standard InChI is InChI=1S/C27H33N3O5S2/c1-5-35-25(31)17-30-23-11-8-21(18(2)3)16-24(23)36-27(30)28-26(32)20-12-14-29(15-13-20)37(33,34)22-9-6-19(4)7-10-22/h6-11,16,18,20H,5,12-15,17H2,1-4H3. The zero-order valence-corrected chi connectivity index (χ0v) is 23.3. The fourth-order valence-electron chi connectivity index (χ4n) is 4.41. The molecule has 0 atom stereocenters. The minimum atomic E-state index is -3.60. The summed E-state index contributed by atoms with van der Waals surface area (Å²) in [5, 5.41) is 0. The Bertz CT molecular complexity index is 1460. The van der Waals surface area contributed by atoms with Gasteiger partial charge in [-0.3, -0.25) is 9.59 Å². The summed E-state index contributed by atoms with van der Waals surface area (Å²) in [4.78, 5) is 30.6. The van der Waals surface area contributed by atoms with E-state index in [1.165, 1.54) is 15.6 Å². The highest BCUT2D eigenvalue weighted by Crippen LogP contribution is 2.26. The third kappa shape index (κ3) is 6.02. The summed E-state index contributed by atoms with van der Waals surface area (Å²) < 4.78 is 35.3. The van der Waals surface area contributed by atoms with Crippen LogP contribution in [0.3, 0.4) is 0 Å². The first kappa shape index (κ1) is 27.2. The SMILES string of the molecule is CCOC(=O)Cn1c(=NC(=O)C2CCN(S(=O)(=O)c3ccc(C)cc3)CC2)sc2cc(C(C)C)ccc21. The van der Waals surface area contributed by atoms with Crippen molar-refractivity contribution in [3.8, 4) is 0 Å². The molecule has 4 rings (SSSR count). The van der Waals surface area contributed by atoms with Gasteiger partial charge in [0.05, 0.1) is 21.7 Å². The van der Waals surface area contributed by atoms with Crippen molar-refractivity contribution in [3.63, 3.8) is 0 Å². The van der Waals surface area contributed by atoms with E-state index in [9.17, 15) is 18.0 Å². The van der Waals surface area contributed by atoms with Gasteiger partial charge in [-0.1, -0.05) is 48.9 Å². The number of rotatable bonds is 7. The molecule has 0 unspecified atom stereocenters. The number of ether oxygens (including phenoxy) is 1. The number of thiazole rings is 1. The number of benzene rings is 2. The van der Waals surface area contributed by atoms with Gasteiger partial charge < -0.3 is 9.30 Å². The van der Waals surface area contributed by atoms with Gasteiger partial charge in [0.25, 0.3) is 5.91 Å². The second-order valence-electron chi connectivity index (χ2n) is 9.60. The van der Waals surface area contributed by atoms with Crippen LogP contribution in [-0.4, -0.2) is 48.9 Å². The third-order valence-electron chi connectivity index (χ3n) is 6.63. The monoisotopic (exact) mass is 543 g/mol. The number of esters is 1. The molecule has 1 fully saturated rings. The van der Waals surface area contributed by atoms with Crippen LogP contribution in [0.2, 0.25) is 0 Å². The highest BCUT2D eigenvalue weighted by atomic mass is 32.2. The Kier molecular flexibility index (Phi) is 8.30. The number of aromatic nitrogens is 1. The summed E-state index contributed by atoms with van der Waals surface area (Å²) in [6, 6.07) is 12.8. The molecule has 1 amide bonds. The van der Waals surface area contributed by atoms with Crippen LogP contribution in [0.4, 0.5) is 0 Å². The van der Waals surface area contributed by atoms with Crippen LogP contribution in [0.1, 0.15) is 50.7 Å². The fraction of sp³-hybridized carbons (Fsp3) is 0.444. The predicted molar refractivity (Wildman–Crippen MR) is 144 cm³/mol. The number of hydrogen-bond acceptors (Lipinski definition) is 6. The number of aryl methyl sites for hydroxylation is 1. The molecule has 0 radical (unpaired) electrons. The van der Waals surface area contributed by atoms with E-state index in [4.69, 9.17) is 4.74 Å². The molecule has 0 saturated carbocycles. The topological polar surface area (TPSA) is 98.0 Å². The van der Waals surface area contributed by atoms with Crippen LogP contribution in [-0.2, 0) is 30.9 Å². The van der Waals surface area contributed by atoms with E-state index in [0.717, 1.165) is 21.3 Å². The van der Waals surface area contributed by atoms with E-state index in [0.29, 0.717) is 23.6 Å². The van der Waals surface area contributed by atoms with Gasteiger partial charge in [0.15, 0.2) is 4.80 Å². The Labute approximate surface area is 221 Å². The number of fused-ring (bicyclic) bond motifs is 1. The summed E-state index contributed by atoms with van der Waals surface area (Å²) in [6.07, 6.45) is 0.793. The van der Waals surface area contributed by atoms with Crippen molar-refractivity contribution in [1.29, 1.82) is 0 Å². The van der Waals surface area contributed by atoms with Gasteiger partial charge in [0, 0.05) is 19.0 Å². The molecule has 2 heterocycles. The quantitative estimate of drug-likeness (QED) is 0.416. The maximum atomic E-state index is 13.2. The lowest BCUT2D eigenvalue weighted by Gasteiger charge is -2.29. The average Bonchev–Trinajstić information content (AvgIpc) is 3.20. The van der Waals surface area contributed by atoms with Crippen molar-refractivity contribution < 1.29 is 22.7 Å². The molecule has 0 N–H and O–H groups in total. The van der Waals surface area contributed by atoms with Crippen LogP contribution in [0.5, 0.6) is 0 Å². The molecular formula is C27H33N3O5S2. The van der Waals surface area contributed by atoms with E-state index in [1.807, 2.05) is 19.1 Å². The number of sulfonamides is 1. The molecule has 198 valence electrons. The minimum Gasteiger partial charge on any atom is -0.465 e.